The third-order valence-electron chi connectivity index (χ3n) is 5.69. The van der Waals surface area contributed by atoms with Gasteiger partial charge in [0.15, 0.2) is 5.78 Å². The molecule has 144 valence electrons. The predicted molar refractivity (Wildman–Crippen MR) is 110 cm³/mol. The molecule has 27 heavy (non-hydrogen) atoms. The number of ketones is 1. The molecule has 1 N–H and O–H groups in total. The van der Waals surface area contributed by atoms with Crippen LogP contribution in [0.3, 0.4) is 0 Å². The van der Waals surface area contributed by atoms with Crippen LogP contribution in [0.4, 0.5) is 10.1 Å². The highest BCUT2D eigenvalue weighted by molar-refractivity contribution is 5.95. The zero-order valence-corrected chi connectivity index (χ0v) is 16.4. The standard InChI is InChI=1S/C22H25FN2O.ClH/c1-15-4-9-20-18(13-15)19-14-25(12-10-21(19)24-20)11-2-3-22(26)16-5-7-17(23)8-6-16;/h4-9,13,19,21,24H,2-3,10-12,14H2,1H3;1H/t19-,21+;/m1./s1. The van der Waals surface area contributed by atoms with Gasteiger partial charge in [-0.1, -0.05) is 17.7 Å². The molecule has 2 aliphatic heterocycles. The highest BCUT2D eigenvalue weighted by atomic mass is 35.5. The average molecular weight is 389 g/mol. The van der Waals surface area contributed by atoms with Gasteiger partial charge in [-0.3, -0.25) is 4.79 Å². The van der Waals surface area contributed by atoms with Gasteiger partial charge in [0.2, 0.25) is 0 Å². The molecule has 2 aliphatic rings. The fourth-order valence-electron chi connectivity index (χ4n) is 4.27. The molecule has 3 nitrogen and oxygen atoms in total. The topological polar surface area (TPSA) is 32.3 Å². The summed E-state index contributed by atoms with van der Waals surface area (Å²) in [5, 5.41) is 3.67. The molecule has 0 saturated carbocycles. The Labute approximate surface area is 166 Å². The van der Waals surface area contributed by atoms with Crippen molar-refractivity contribution in [2.45, 2.75) is 38.1 Å². The fourth-order valence-corrected chi connectivity index (χ4v) is 4.27. The molecule has 0 unspecified atom stereocenters. The van der Waals surface area contributed by atoms with Crippen LogP contribution in [0.15, 0.2) is 42.5 Å². The van der Waals surface area contributed by atoms with E-state index in [-0.39, 0.29) is 24.0 Å². The lowest BCUT2D eigenvalue weighted by Crippen LogP contribution is -2.42. The fraction of sp³-hybridized carbons (Fsp3) is 0.409. The zero-order valence-electron chi connectivity index (χ0n) is 15.6. The number of nitrogens with zero attached hydrogens (tertiary/aromatic N) is 1. The van der Waals surface area contributed by atoms with Gasteiger partial charge in [0.1, 0.15) is 5.82 Å². The molecule has 0 amide bonds. The molecule has 2 aromatic rings. The first-order valence-electron chi connectivity index (χ1n) is 9.48. The largest absolute Gasteiger partial charge is 0.381 e. The second-order valence-corrected chi connectivity index (χ2v) is 7.57. The number of carbonyl (C=O) groups is 1. The van der Waals surface area contributed by atoms with E-state index in [1.807, 2.05) is 0 Å². The van der Waals surface area contributed by atoms with Gasteiger partial charge < -0.3 is 10.2 Å². The number of benzene rings is 2. The molecule has 0 radical (unpaired) electrons. The van der Waals surface area contributed by atoms with E-state index in [1.54, 1.807) is 12.1 Å². The Kier molecular flexibility index (Phi) is 6.18. The molecule has 1 fully saturated rings. The first-order chi connectivity index (χ1) is 12.6. The maximum absolute atomic E-state index is 13.0. The van der Waals surface area contributed by atoms with Crippen molar-refractivity contribution in [1.29, 1.82) is 0 Å². The Morgan fingerprint density at radius 2 is 2.00 bits per heavy atom. The summed E-state index contributed by atoms with van der Waals surface area (Å²) < 4.78 is 13.0. The lowest BCUT2D eigenvalue weighted by Gasteiger charge is -2.35. The van der Waals surface area contributed by atoms with Crippen LogP contribution in [0.2, 0.25) is 0 Å². The third-order valence-corrected chi connectivity index (χ3v) is 5.69. The van der Waals surface area contributed by atoms with Crippen LogP contribution in [0.1, 0.15) is 46.7 Å². The van der Waals surface area contributed by atoms with E-state index < -0.39 is 0 Å². The smallest absolute Gasteiger partial charge is 0.162 e. The van der Waals surface area contributed by atoms with Crippen molar-refractivity contribution in [1.82, 2.24) is 4.90 Å². The predicted octanol–water partition coefficient (Wildman–Crippen LogP) is 4.80. The first-order valence-corrected chi connectivity index (χ1v) is 9.48. The van der Waals surface area contributed by atoms with Crippen LogP contribution >= 0.6 is 12.4 Å². The molecule has 0 bridgehead atoms. The quantitative estimate of drug-likeness (QED) is 0.746. The number of hydrogen-bond acceptors (Lipinski definition) is 3. The van der Waals surface area contributed by atoms with E-state index >= 15 is 0 Å². The molecule has 0 aliphatic carbocycles. The summed E-state index contributed by atoms with van der Waals surface area (Å²) in [6, 6.07) is 13.1. The molecule has 0 aromatic heterocycles. The summed E-state index contributed by atoms with van der Waals surface area (Å²) in [6.45, 7) is 5.22. The number of piperidine rings is 1. The van der Waals surface area contributed by atoms with E-state index in [0.717, 1.165) is 32.5 Å². The number of nitrogens with one attached hydrogen (secondary N) is 1. The number of anilines is 1. The summed E-state index contributed by atoms with van der Waals surface area (Å²) in [5.41, 5.74) is 4.66. The molecular formula is C22H26ClFN2O. The highest BCUT2D eigenvalue weighted by Crippen LogP contribution is 2.40. The van der Waals surface area contributed by atoms with Crippen LogP contribution in [0.25, 0.3) is 0 Å². The van der Waals surface area contributed by atoms with Crippen LogP contribution in [-0.2, 0) is 0 Å². The molecule has 2 aromatic carbocycles. The van der Waals surface area contributed by atoms with Gasteiger partial charge in [-0.2, -0.15) is 0 Å². The number of rotatable bonds is 5. The number of Topliss-reactive ketones (excluding diaryl/α,β-unsaturated/α-hetero) is 1. The molecule has 4 rings (SSSR count). The first kappa shape index (κ1) is 19.8. The van der Waals surface area contributed by atoms with Gasteiger partial charge in [-0.05, 0) is 62.2 Å². The van der Waals surface area contributed by atoms with E-state index in [0.29, 0.717) is 23.9 Å². The van der Waals surface area contributed by atoms with Gasteiger partial charge in [-0.15, -0.1) is 12.4 Å². The Morgan fingerprint density at radius 3 is 2.78 bits per heavy atom. The Hall–Kier alpha value is -1.91. The summed E-state index contributed by atoms with van der Waals surface area (Å²) in [6.07, 6.45) is 2.51. The van der Waals surface area contributed by atoms with Crippen molar-refractivity contribution >= 4 is 23.9 Å². The van der Waals surface area contributed by atoms with Gasteiger partial charge in [0.25, 0.3) is 0 Å². The van der Waals surface area contributed by atoms with Crippen molar-refractivity contribution in [3.8, 4) is 0 Å². The Balaban J connectivity index is 0.00000210. The summed E-state index contributed by atoms with van der Waals surface area (Å²) in [5.74, 6) is 0.347. The van der Waals surface area contributed by atoms with Crippen molar-refractivity contribution in [2.24, 2.45) is 0 Å². The van der Waals surface area contributed by atoms with E-state index in [2.05, 4.69) is 35.3 Å². The van der Waals surface area contributed by atoms with Crippen LogP contribution in [0.5, 0.6) is 0 Å². The summed E-state index contributed by atoms with van der Waals surface area (Å²) in [4.78, 5) is 14.7. The van der Waals surface area contributed by atoms with Crippen LogP contribution < -0.4 is 5.32 Å². The Morgan fingerprint density at radius 1 is 1.22 bits per heavy atom. The average Bonchev–Trinajstić information content (AvgIpc) is 2.99. The molecule has 2 atom stereocenters. The van der Waals surface area contributed by atoms with Gasteiger partial charge in [0, 0.05) is 42.7 Å². The van der Waals surface area contributed by atoms with E-state index in [9.17, 15) is 9.18 Å². The number of fused-ring (bicyclic) bond motifs is 3. The summed E-state index contributed by atoms with van der Waals surface area (Å²) >= 11 is 0. The van der Waals surface area contributed by atoms with Crippen LogP contribution in [-0.4, -0.2) is 36.4 Å². The number of halogens is 2. The van der Waals surface area contributed by atoms with Crippen LogP contribution in [0, 0.1) is 12.7 Å². The normalized spacial score (nSPS) is 21.0. The second-order valence-electron chi connectivity index (χ2n) is 7.57. The third kappa shape index (κ3) is 4.33. The van der Waals surface area contributed by atoms with Gasteiger partial charge >= 0.3 is 0 Å². The Bertz CT molecular complexity index is 808. The van der Waals surface area contributed by atoms with E-state index in [4.69, 9.17) is 0 Å². The number of likely N-dealkylation sites (tertiary alicyclic amines) is 1. The van der Waals surface area contributed by atoms with Crippen molar-refractivity contribution in [3.63, 3.8) is 0 Å². The number of carbonyl (C=O) groups excluding carboxylic acids is 1. The minimum absolute atomic E-state index is 0. The number of hydrogen-bond donors (Lipinski definition) is 1. The van der Waals surface area contributed by atoms with Gasteiger partial charge in [0.05, 0.1) is 0 Å². The molecule has 5 heteroatoms. The van der Waals surface area contributed by atoms with Crippen molar-refractivity contribution in [2.75, 3.05) is 25.0 Å². The molecule has 1 saturated heterocycles. The van der Waals surface area contributed by atoms with Crippen molar-refractivity contribution in [3.05, 3.63) is 65.0 Å². The maximum atomic E-state index is 13.0. The van der Waals surface area contributed by atoms with E-state index in [1.165, 1.54) is 28.9 Å². The van der Waals surface area contributed by atoms with Crippen molar-refractivity contribution < 1.29 is 9.18 Å². The molecule has 2 heterocycles. The number of aryl methyl sites for hydroxylation is 1. The highest BCUT2D eigenvalue weighted by Gasteiger charge is 2.36. The maximum Gasteiger partial charge on any atom is 0.162 e. The molecule has 0 spiro atoms. The zero-order chi connectivity index (χ0) is 18.1. The second kappa shape index (κ2) is 8.41. The lowest BCUT2D eigenvalue weighted by molar-refractivity contribution is 0.0971. The van der Waals surface area contributed by atoms with Gasteiger partial charge in [-0.25, -0.2) is 4.39 Å². The SMILES string of the molecule is Cc1ccc2c(c1)[C@H]1CN(CCCC(=O)c3ccc(F)cc3)CC[C@@H]1N2.Cl. The molecular weight excluding hydrogens is 363 g/mol. The minimum Gasteiger partial charge on any atom is -0.381 e. The lowest BCUT2D eigenvalue weighted by atomic mass is 9.88. The summed E-state index contributed by atoms with van der Waals surface area (Å²) in [7, 11) is 0. The monoisotopic (exact) mass is 388 g/mol. The minimum atomic E-state index is -0.301.